The molecule has 4 N–H and O–H groups in total. The van der Waals surface area contributed by atoms with Gasteiger partial charge in [-0.1, -0.05) is 5.16 Å². The first-order valence-electron chi connectivity index (χ1n) is 10.6. The molecule has 7 rings (SSSR count). The number of pyridine rings is 1. The summed E-state index contributed by atoms with van der Waals surface area (Å²) in [6, 6.07) is 2.81. The van der Waals surface area contributed by atoms with Gasteiger partial charge in [0.25, 0.3) is 0 Å². The summed E-state index contributed by atoms with van der Waals surface area (Å²) < 4.78 is 5.34. The number of hydrogen-bond donors (Lipinski definition) is 4. The van der Waals surface area contributed by atoms with Crippen LogP contribution >= 0.6 is 0 Å². The van der Waals surface area contributed by atoms with Crippen molar-refractivity contribution >= 4 is 22.7 Å². The molecule has 0 aliphatic heterocycles. The number of rotatable bonds is 5. The minimum Gasteiger partial charge on any atom is -0.390 e. The van der Waals surface area contributed by atoms with E-state index in [2.05, 4.69) is 30.7 Å². The molecule has 5 atom stereocenters. The van der Waals surface area contributed by atoms with Gasteiger partial charge in [0.1, 0.15) is 5.65 Å². The van der Waals surface area contributed by atoms with Gasteiger partial charge in [-0.05, 0) is 62.8 Å². The number of aromatic nitrogens is 4. The summed E-state index contributed by atoms with van der Waals surface area (Å²) in [4.78, 5) is 12.3. The van der Waals surface area contributed by atoms with Crippen LogP contribution in [0.2, 0.25) is 0 Å². The third-order valence-electron chi connectivity index (χ3n) is 7.13. The number of fused-ring (bicyclic) bond motifs is 1. The van der Waals surface area contributed by atoms with Crippen molar-refractivity contribution in [2.45, 2.75) is 50.7 Å². The third kappa shape index (κ3) is 2.73. The van der Waals surface area contributed by atoms with Crippen LogP contribution in [0, 0.1) is 17.8 Å². The maximum Gasteiger partial charge on any atom is 0.321 e. The molecule has 0 spiro atoms. The first-order valence-corrected chi connectivity index (χ1v) is 10.6. The second-order valence-electron chi connectivity index (χ2n) is 9.10. The molecule has 4 aliphatic carbocycles. The van der Waals surface area contributed by atoms with Gasteiger partial charge in [0.2, 0.25) is 5.82 Å². The molecule has 3 heterocycles. The maximum atomic E-state index is 10.9. The van der Waals surface area contributed by atoms with Crippen LogP contribution in [0.3, 0.4) is 0 Å². The molecule has 4 bridgehead atoms. The molecule has 8 nitrogen and oxygen atoms in total. The van der Waals surface area contributed by atoms with E-state index in [1.54, 1.807) is 0 Å². The Morgan fingerprint density at radius 3 is 2.86 bits per heavy atom. The summed E-state index contributed by atoms with van der Waals surface area (Å²) in [7, 11) is 0. The molecular weight excluding hydrogens is 368 g/mol. The Kier molecular flexibility index (Phi) is 3.69. The molecule has 4 aliphatic rings. The fraction of sp³-hybridized carbons (Fsp3) is 0.571. The van der Waals surface area contributed by atoms with Gasteiger partial charge in [-0.2, -0.15) is 4.98 Å². The van der Waals surface area contributed by atoms with E-state index in [4.69, 9.17) is 4.52 Å². The smallest absolute Gasteiger partial charge is 0.321 e. The van der Waals surface area contributed by atoms with E-state index in [1.807, 2.05) is 25.4 Å². The molecule has 29 heavy (non-hydrogen) atoms. The van der Waals surface area contributed by atoms with Gasteiger partial charge in [-0.3, -0.25) is 0 Å². The van der Waals surface area contributed by atoms with Crippen molar-refractivity contribution < 1.29 is 9.63 Å². The second-order valence-corrected chi connectivity index (χ2v) is 9.10. The van der Waals surface area contributed by atoms with Gasteiger partial charge in [-0.25, -0.2) is 4.98 Å². The standard InChI is InChI=1S/C21H26N6O2/c1-2-22-20-26-19(27-29-20)15-10-24-18-14(3-4-23-18)17(15)25-16-12-5-11-6-13(16)9-21(28,7-11)8-12/h3-4,10-13,16,28H,2,5-9H2,1H3,(H,22,26,27)(H2,23,24,25)/t11?,12-,13?,16?,21?/m1/s1. The third-order valence-corrected chi connectivity index (χ3v) is 7.13. The van der Waals surface area contributed by atoms with Crippen LogP contribution in [0.25, 0.3) is 22.4 Å². The van der Waals surface area contributed by atoms with Crippen molar-refractivity contribution in [2.24, 2.45) is 17.8 Å². The number of H-pyrrole nitrogens is 1. The van der Waals surface area contributed by atoms with Gasteiger partial charge in [0.05, 0.1) is 16.9 Å². The molecule has 152 valence electrons. The Bertz CT molecular complexity index is 1040. The number of aliphatic hydroxyl groups is 1. The molecule has 3 aromatic rings. The summed E-state index contributed by atoms with van der Waals surface area (Å²) in [6.07, 6.45) is 8.94. The van der Waals surface area contributed by atoms with Crippen LogP contribution in [-0.2, 0) is 0 Å². The van der Waals surface area contributed by atoms with Crippen molar-refractivity contribution in [3.8, 4) is 11.4 Å². The molecule has 0 amide bonds. The largest absolute Gasteiger partial charge is 0.390 e. The Balaban J connectivity index is 1.40. The highest BCUT2D eigenvalue weighted by Gasteiger charge is 2.54. The first kappa shape index (κ1) is 17.3. The molecule has 4 fully saturated rings. The fourth-order valence-electron chi connectivity index (χ4n) is 6.27. The van der Waals surface area contributed by atoms with Gasteiger partial charge < -0.3 is 25.2 Å². The van der Waals surface area contributed by atoms with Crippen LogP contribution < -0.4 is 10.6 Å². The molecular formula is C21H26N6O2. The SMILES string of the molecule is CCNc1nc(-c2cnc3[nH]ccc3c2NC2C3CC4C[C@@H]2CC(O)(C4)C3)no1. The average Bonchev–Trinajstić information content (AvgIpc) is 3.33. The predicted octanol–water partition coefficient (Wildman–Crippen LogP) is 3.40. The number of aromatic amines is 1. The quantitative estimate of drug-likeness (QED) is 0.525. The monoisotopic (exact) mass is 394 g/mol. The molecule has 0 saturated heterocycles. The molecule has 8 heteroatoms. The Labute approximate surface area is 168 Å². The van der Waals surface area contributed by atoms with Crippen molar-refractivity contribution in [2.75, 3.05) is 17.2 Å². The first-order chi connectivity index (χ1) is 14.1. The number of anilines is 2. The number of nitrogens with one attached hydrogen (secondary N) is 3. The number of hydrogen-bond acceptors (Lipinski definition) is 7. The molecule has 0 aromatic carbocycles. The molecule has 0 radical (unpaired) electrons. The Morgan fingerprint density at radius 1 is 1.28 bits per heavy atom. The lowest BCUT2D eigenvalue weighted by atomic mass is 9.52. The fourth-order valence-corrected chi connectivity index (χ4v) is 6.27. The van der Waals surface area contributed by atoms with E-state index in [0.717, 1.165) is 48.1 Å². The van der Waals surface area contributed by atoms with Crippen LogP contribution in [0.1, 0.15) is 39.0 Å². The van der Waals surface area contributed by atoms with E-state index >= 15 is 0 Å². The zero-order chi connectivity index (χ0) is 19.6. The minimum absolute atomic E-state index is 0.353. The topological polar surface area (TPSA) is 112 Å². The van der Waals surface area contributed by atoms with E-state index in [9.17, 15) is 5.11 Å². The second kappa shape index (κ2) is 6.19. The summed E-state index contributed by atoms with van der Waals surface area (Å²) >= 11 is 0. The van der Waals surface area contributed by atoms with E-state index in [0.29, 0.717) is 35.6 Å². The Hall–Kier alpha value is -2.61. The lowest BCUT2D eigenvalue weighted by molar-refractivity contribution is -0.129. The lowest BCUT2D eigenvalue weighted by Crippen LogP contribution is -2.59. The van der Waals surface area contributed by atoms with Crippen LogP contribution in [0.4, 0.5) is 11.7 Å². The maximum absolute atomic E-state index is 10.9. The van der Waals surface area contributed by atoms with Crippen LogP contribution in [0.15, 0.2) is 23.0 Å². The minimum atomic E-state index is -0.437. The molecule has 3 aromatic heterocycles. The molecule has 4 unspecified atom stereocenters. The van der Waals surface area contributed by atoms with Crippen molar-refractivity contribution in [1.29, 1.82) is 0 Å². The highest BCUT2D eigenvalue weighted by molar-refractivity contribution is 5.97. The summed E-state index contributed by atoms with van der Waals surface area (Å²) in [6.45, 7) is 2.71. The van der Waals surface area contributed by atoms with Crippen LogP contribution in [-0.4, -0.2) is 43.4 Å². The van der Waals surface area contributed by atoms with Crippen molar-refractivity contribution in [3.05, 3.63) is 18.5 Å². The summed E-state index contributed by atoms with van der Waals surface area (Å²) in [5.74, 6) is 2.22. The van der Waals surface area contributed by atoms with E-state index in [1.165, 1.54) is 12.8 Å². The van der Waals surface area contributed by atoms with Gasteiger partial charge in [0, 0.05) is 30.4 Å². The summed E-state index contributed by atoms with van der Waals surface area (Å²) in [5, 5.41) is 23.1. The van der Waals surface area contributed by atoms with E-state index < -0.39 is 5.60 Å². The average molecular weight is 394 g/mol. The van der Waals surface area contributed by atoms with Gasteiger partial charge >= 0.3 is 6.01 Å². The van der Waals surface area contributed by atoms with Gasteiger partial charge in [0.15, 0.2) is 0 Å². The highest BCUT2D eigenvalue weighted by atomic mass is 16.5. The lowest BCUT2D eigenvalue weighted by Gasteiger charge is -2.58. The van der Waals surface area contributed by atoms with Crippen molar-refractivity contribution in [1.82, 2.24) is 20.1 Å². The van der Waals surface area contributed by atoms with Crippen LogP contribution in [0.5, 0.6) is 0 Å². The summed E-state index contributed by atoms with van der Waals surface area (Å²) in [5.41, 5.74) is 2.25. The highest BCUT2D eigenvalue weighted by Crippen LogP contribution is 2.56. The zero-order valence-electron chi connectivity index (χ0n) is 16.5. The van der Waals surface area contributed by atoms with E-state index in [-0.39, 0.29) is 0 Å². The van der Waals surface area contributed by atoms with Gasteiger partial charge in [-0.15, -0.1) is 0 Å². The number of nitrogens with zero attached hydrogens (tertiary/aromatic N) is 3. The predicted molar refractivity (Wildman–Crippen MR) is 109 cm³/mol. The van der Waals surface area contributed by atoms with Crippen molar-refractivity contribution in [3.63, 3.8) is 0 Å². The zero-order valence-corrected chi connectivity index (χ0v) is 16.5. The normalized spacial score (nSPS) is 32.8. The molecule has 4 saturated carbocycles. The Morgan fingerprint density at radius 2 is 2.10 bits per heavy atom.